The maximum Gasteiger partial charge on any atom is 0.246 e. The number of aliphatic hydroxyl groups is 1. The van der Waals surface area contributed by atoms with E-state index in [0.717, 1.165) is 24.0 Å². The van der Waals surface area contributed by atoms with Gasteiger partial charge >= 0.3 is 0 Å². The van der Waals surface area contributed by atoms with E-state index in [0.29, 0.717) is 18.9 Å². The number of aliphatic hydroxyl groups excluding tert-OH is 1. The van der Waals surface area contributed by atoms with Gasteiger partial charge in [-0.05, 0) is 49.8 Å². The van der Waals surface area contributed by atoms with Gasteiger partial charge in [-0.1, -0.05) is 55.3 Å². The minimum atomic E-state index is -1.19. The SMILES string of the molecule is CC#Cc1ccccc1OCCN[C@H](C(=O)N(C)[C@H](C(=O)N[C@H](Cc1ccccc1)C(=O)NC)C(C)O)C1(C)CC1. The molecule has 1 aliphatic carbocycles. The molecule has 9 heteroatoms. The topological polar surface area (TPSA) is 120 Å². The van der Waals surface area contributed by atoms with Gasteiger partial charge in [-0.3, -0.25) is 14.4 Å². The molecule has 9 nitrogen and oxygen atoms in total. The Morgan fingerprint density at radius 3 is 2.34 bits per heavy atom. The first-order valence-corrected chi connectivity index (χ1v) is 14.0. The van der Waals surface area contributed by atoms with Crippen LogP contribution in [0.4, 0.5) is 0 Å². The number of nitrogens with one attached hydrogen (secondary N) is 3. The number of rotatable bonds is 14. The maximum atomic E-state index is 13.8. The van der Waals surface area contributed by atoms with Crippen LogP contribution < -0.4 is 20.7 Å². The van der Waals surface area contributed by atoms with Gasteiger partial charge in [0.2, 0.25) is 17.7 Å². The Balaban J connectivity index is 1.68. The highest BCUT2D eigenvalue weighted by molar-refractivity contribution is 5.93. The second kappa shape index (κ2) is 14.7. The summed E-state index contributed by atoms with van der Waals surface area (Å²) in [6.07, 6.45) is 0.826. The number of para-hydroxylation sites is 1. The lowest BCUT2D eigenvalue weighted by Crippen LogP contribution is -2.61. The van der Waals surface area contributed by atoms with Gasteiger partial charge in [0, 0.05) is 27.1 Å². The highest BCUT2D eigenvalue weighted by atomic mass is 16.5. The molecule has 0 bridgehead atoms. The van der Waals surface area contributed by atoms with E-state index < -0.39 is 30.1 Å². The lowest BCUT2D eigenvalue weighted by Gasteiger charge is -2.35. The summed E-state index contributed by atoms with van der Waals surface area (Å²) in [5.74, 6) is 5.31. The highest BCUT2D eigenvalue weighted by Crippen LogP contribution is 2.48. The quantitative estimate of drug-likeness (QED) is 0.206. The molecular formula is C32H42N4O5. The Kier molecular flexibility index (Phi) is 11.3. The first-order chi connectivity index (χ1) is 19.6. The number of hydrogen-bond acceptors (Lipinski definition) is 6. The van der Waals surface area contributed by atoms with Gasteiger partial charge in [0.25, 0.3) is 0 Å². The van der Waals surface area contributed by atoms with Gasteiger partial charge in [-0.15, -0.1) is 5.92 Å². The van der Waals surface area contributed by atoms with Crippen molar-refractivity contribution in [2.45, 2.75) is 64.3 Å². The van der Waals surface area contributed by atoms with Crippen molar-refractivity contribution in [2.24, 2.45) is 5.41 Å². The normalized spacial score (nSPS) is 16.1. The van der Waals surface area contributed by atoms with Crippen LogP contribution in [0.2, 0.25) is 0 Å². The largest absolute Gasteiger partial charge is 0.491 e. The molecule has 0 aromatic heterocycles. The van der Waals surface area contributed by atoms with Gasteiger partial charge < -0.3 is 30.7 Å². The van der Waals surface area contributed by atoms with E-state index in [4.69, 9.17) is 4.74 Å². The Labute approximate surface area is 243 Å². The molecule has 3 rings (SSSR count). The van der Waals surface area contributed by atoms with Crippen molar-refractivity contribution in [3.63, 3.8) is 0 Å². The maximum absolute atomic E-state index is 13.8. The molecule has 2 aromatic carbocycles. The number of ether oxygens (including phenoxy) is 1. The first kappa shape index (κ1) is 31.7. The molecule has 0 heterocycles. The Hall–Kier alpha value is -3.87. The van der Waals surface area contributed by atoms with Gasteiger partial charge in [0.05, 0.1) is 17.7 Å². The van der Waals surface area contributed by atoms with Crippen molar-refractivity contribution in [3.8, 4) is 17.6 Å². The van der Waals surface area contributed by atoms with E-state index in [1.807, 2.05) is 61.5 Å². The van der Waals surface area contributed by atoms with Crippen molar-refractivity contribution in [1.29, 1.82) is 0 Å². The van der Waals surface area contributed by atoms with Crippen molar-refractivity contribution in [1.82, 2.24) is 20.9 Å². The van der Waals surface area contributed by atoms with Crippen LogP contribution in [0.5, 0.6) is 5.75 Å². The van der Waals surface area contributed by atoms with Crippen molar-refractivity contribution in [3.05, 3.63) is 65.7 Å². The van der Waals surface area contributed by atoms with E-state index in [1.54, 1.807) is 6.92 Å². The molecule has 220 valence electrons. The Morgan fingerprint density at radius 2 is 1.73 bits per heavy atom. The smallest absolute Gasteiger partial charge is 0.246 e. The molecule has 4 atom stereocenters. The lowest BCUT2D eigenvalue weighted by molar-refractivity contribution is -0.146. The standard InChI is InChI=1S/C32H42N4O5/c1-6-12-24-15-10-11-16-26(24)41-20-19-34-28(32(3)17-18-32)31(40)36(5)27(22(2)37)30(39)35-25(29(38)33-4)21-23-13-8-7-9-14-23/h7-11,13-16,22,25,27-28,34,37H,17-21H2,1-5H3,(H,33,38)(H,35,39)/t22?,25-,27+,28-/m1/s1. The van der Waals surface area contributed by atoms with E-state index in [9.17, 15) is 19.5 Å². The van der Waals surface area contributed by atoms with Gasteiger partial charge in [0.1, 0.15) is 24.4 Å². The van der Waals surface area contributed by atoms with Crippen molar-refractivity contribution < 1.29 is 24.2 Å². The van der Waals surface area contributed by atoms with Crippen LogP contribution >= 0.6 is 0 Å². The average molecular weight is 563 g/mol. The lowest BCUT2D eigenvalue weighted by atomic mass is 9.96. The molecule has 1 aliphatic rings. The van der Waals surface area contributed by atoms with Gasteiger partial charge in [0.15, 0.2) is 0 Å². The minimum absolute atomic E-state index is 0.269. The zero-order valence-electron chi connectivity index (χ0n) is 24.6. The van der Waals surface area contributed by atoms with Crippen molar-refractivity contribution in [2.75, 3.05) is 27.2 Å². The Morgan fingerprint density at radius 1 is 1.07 bits per heavy atom. The van der Waals surface area contributed by atoms with Crippen LogP contribution in [-0.2, 0) is 20.8 Å². The van der Waals surface area contributed by atoms with Crippen molar-refractivity contribution >= 4 is 17.7 Å². The molecule has 2 aromatic rings. The number of nitrogens with zero attached hydrogens (tertiary/aromatic N) is 1. The van der Waals surface area contributed by atoms with Crippen LogP contribution in [0.3, 0.4) is 0 Å². The number of carbonyl (C=O) groups excluding carboxylic acids is 3. The number of amides is 3. The third kappa shape index (κ3) is 8.56. The summed E-state index contributed by atoms with van der Waals surface area (Å²) in [7, 11) is 3.02. The molecule has 0 spiro atoms. The second-order valence-electron chi connectivity index (χ2n) is 10.8. The third-order valence-electron chi connectivity index (χ3n) is 7.49. The predicted molar refractivity (Wildman–Crippen MR) is 158 cm³/mol. The van der Waals surface area contributed by atoms with E-state index in [1.165, 1.54) is 25.9 Å². The minimum Gasteiger partial charge on any atom is -0.491 e. The van der Waals surface area contributed by atoms with Crippen LogP contribution in [-0.4, -0.2) is 79.2 Å². The summed E-state index contributed by atoms with van der Waals surface area (Å²) in [4.78, 5) is 41.1. The zero-order valence-corrected chi connectivity index (χ0v) is 24.6. The summed E-state index contributed by atoms with van der Waals surface area (Å²) < 4.78 is 5.93. The fourth-order valence-corrected chi connectivity index (χ4v) is 4.86. The van der Waals surface area contributed by atoms with Crippen LogP contribution in [0.25, 0.3) is 0 Å². The third-order valence-corrected chi connectivity index (χ3v) is 7.49. The van der Waals surface area contributed by atoms with Crippen LogP contribution in [0.1, 0.15) is 44.7 Å². The monoisotopic (exact) mass is 562 g/mol. The van der Waals surface area contributed by atoms with Gasteiger partial charge in [-0.25, -0.2) is 0 Å². The molecule has 3 amide bonds. The Bertz CT molecular complexity index is 1250. The van der Waals surface area contributed by atoms with Crippen LogP contribution in [0.15, 0.2) is 54.6 Å². The molecule has 1 fully saturated rings. The molecular weight excluding hydrogens is 520 g/mol. The summed E-state index contributed by atoms with van der Waals surface area (Å²) >= 11 is 0. The molecule has 41 heavy (non-hydrogen) atoms. The predicted octanol–water partition coefficient (Wildman–Crippen LogP) is 1.88. The van der Waals surface area contributed by atoms with Crippen LogP contribution in [0, 0.1) is 17.3 Å². The number of likely N-dealkylation sites (N-methyl/N-ethyl adjacent to an activating group) is 2. The summed E-state index contributed by atoms with van der Waals surface area (Å²) in [5, 5.41) is 19.3. The molecule has 0 radical (unpaired) electrons. The second-order valence-corrected chi connectivity index (χ2v) is 10.8. The summed E-state index contributed by atoms with van der Waals surface area (Å²) in [6, 6.07) is 14.2. The number of hydrogen-bond donors (Lipinski definition) is 4. The number of carbonyl (C=O) groups is 3. The molecule has 4 N–H and O–H groups in total. The van der Waals surface area contributed by atoms with E-state index in [-0.39, 0.29) is 23.7 Å². The summed E-state index contributed by atoms with van der Waals surface area (Å²) in [5.41, 5.74) is 1.40. The zero-order chi connectivity index (χ0) is 30.0. The highest BCUT2D eigenvalue weighted by Gasteiger charge is 2.50. The number of benzene rings is 2. The fourth-order valence-electron chi connectivity index (χ4n) is 4.86. The van der Waals surface area contributed by atoms with E-state index >= 15 is 0 Å². The summed E-state index contributed by atoms with van der Waals surface area (Å²) in [6.45, 7) is 5.98. The molecule has 1 saturated carbocycles. The average Bonchev–Trinajstić information content (AvgIpc) is 3.70. The van der Waals surface area contributed by atoms with E-state index in [2.05, 4.69) is 27.8 Å². The molecule has 0 aliphatic heterocycles. The fraction of sp³-hybridized carbons (Fsp3) is 0.469. The molecule has 1 unspecified atom stereocenters. The van der Waals surface area contributed by atoms with Gasteiger partial charge in [-0.2, -0.15) is 0 Å². The first-order valence-electron chi connectivity index (χ1n) is 14.0. The molecule has 0 saturated heterocycles.